The molecule has 1 atom stereocenters. The van der Waals surface area contributed by atoms with Crippen LogP contribution in [0.25, 0.3) is 0 Å². The summed E-state index contributed by atoms with van der Waals surface area (Å²) in [7, 11) is 0. The monoisotopic (exact) mass is 245 g/mol. The molecule has 1 rings (SSSR count). The summed E-state index contributed by atoms with van der Waals surface area (Å²) in [5.41, 5.74) is 0.118. The Hall–Kier alpha value is -1.85. The molecule has 6 heteroatoms. The van der Waals surface area contributed by atoms with Crippen molar-refractivity contribution in [2.45, 2.75) is 18.6 Å². The van der Waals surface area contributed by atoms with Crippen LogP contribution in [0.5, 0.6) is 0 Å². The summed E-state index contributed by atoms with van der Waals surface area (Å²) in [5.74, 6) is -0.852. The highest BCUT2D eigenvalue weighted by atomic mass is 19.4. The second-order valence-electron chi connectivity index (χ2n) is 3.34. The van der Waals surface area contributed by atoms with Gasteiger partial charge in [-0.1, -0.05) is 18.2 Å². The first-order valence-corrected chi connectivity index (χ1v) is 4.81. The van der Waals surface area contributed by atoms with Gasteiger partial charge in [0.15, 0.2) is 0 Å². The molecule has 0 bridgehead atoms. The zero-order chi connectivity index (χ0) is 12.9. The van der Waals surface area contributed by atoms with E-state index in [0.717, 1.165) is 0 Å². The Labute approximate surface area is 95.6 Å². The summed E-state index contributed by atoms with van der Waals surface area (Å²) in [6.45, 7) is 0. The third-order valence-electron chi connectivity index (χ3n) is 2.07. The zero-order valence-electron chi connectivity index (χ0n) is 8.70. The number of alkyl halides is 3. The van der Waals surface area contributed by atoms with Crippen molar-refractivity contribution in [3.63, 3.8) is 0 Å². The van der Waals surface area contributed by atoms with Crippen LogP contribution >= 0.6 is 0 Å². The van der Waals surface area contributed by atoms with Gasteiger partial charge in [-0.2, -0.15) is 13.2 Å². The number of nitrogens with one attached hydrogen (secondary N) is 1. The lowest BCUT2D eigenvalue weighted by Crippen LogP contribution is -2.45. The summed E-state index contributed by atoms with van der Waals surface area (Å²) < 4.78 is 37.2. The van der Waals surface area contributed by atoms with Crippen LogP contribution in [-0.2, 0) is 4.79 Å². The highest BCUT2D eigenvalue weighted by Crippen LogP contribution is 2.22. The molecule has 0 aliphatic rings. The third kappa shape index (κ3) is 3.90. The molecule has 0 spiro atoms. The van der Waals surface area contributed by atoms with Crippen molar-refractivity contribution in [2.75, 3.05) is 0 Å². The average molecular weight is 245 g/mol. The van der Waals surface area contributed by atoms with Crippen molar-refractivity contribution >= 4 is 12.2 Å². The van der Waals surface area contributed by atoms with E-state index in [4.69, 9.17) is 0 Å². The molecule has 1 N–H and O–H groups in total. The minimum Gasteiger partial charge on any atom is -0.340 e. The van der Waals surface area contributed by atoms with E-state index in [0.29, 0.717) is 0 Å². The van der Waals surface area contributed by atoms with E-state index >= 15 is 0 Å². The molecule has 0 radical (unpaired) electrons. The molecule has 1 amide bonds. The van der Waals surface area contributed by atoms with Crippen molar-refractivity contribution in [3.8, 4) is 0 Å². The van der Waals surface area contributed by atoms with Gasteiger partial charge in [-0.3, -0.25) is 4.79 Å². The number of rotatable bonds is 4. The molecule has 0 saturated carbocycles. The Morgan fingerprint density at radius 1 is 1.29 bits per heavy atom. The van der Waals surface area contributed by atoms with Crippen molar-refractivity contribution in [2.24, 2.45) is 0 Å². The summed E-state index contributed by atoms with van der Waals surface area (Å²) in [6.07, 6.45) is -5.29. The molecule has 1 aromatic rings. The van der Waals surface area contributed by atoms with Gasteiger partial charge in [0.1, 0.15) is 12.3 Å². The van der Waals surface area contributed by atoms with Crippen LogP contribution in [-0.4, -0.2) is 24.4 Å². The molecule has 1 aromatic carbocycles. The van der Waals surface area contributed by atoms with E-state index < -0.39 is 24.5 Å². The third-order valence-corrected chi connectivity index (χ3v) is 2.07. The lowest BCUT2D eigenvalue weighted by molar-refractivity contribution is -0.156. The maximum absolute atomic E-state index is 12.4. The second kappa shape index (κ2) is 5.47. The van der Waals surface area contributed by atoms with Crippen LogP contribution in [0.2, 0.25) is 0 Å². The fourth-order valence-corrected chi connectivity index (χ4v) is 1.20. The zero-order valence-corrected chi connectivity index (χ0v) is 8.70. The minimum atomic E-state index is -4.63. The van der Waals surface area contributed by atoms with Gasteiger partial charge in [-0.15, -0.1) is 0 Å². The first-order chi connectivity index (χ1) is 7.95. The lowest BCUT2D eigenvalue weighted by Gasteiger charge is -2.19. The van der Waals surface area contributed by atoms with Gasteiger partial charge >= 0.3 is 6.18 Å². The number of aldehydes is 1. The molecule has 0 saturated heterocycles. The number of hydrogen-bond donors (Lipinski definition) is 1. The molecular formula is C11H10F3NO2. The normalized spacial score (nSPS) is 12.9. The molecule has 0 fully saturated rings. The van der Waals surface area contributed by atoms with Gasteiger partial charge in [0.25, 0.3) is 5.91 Å². The predicted octanol–water partition coefficient (Wildman–Crippen LogP) is 1.94. The number of halogens is 3. The molecule has 92 valence electrons. The SMILES string of the molecule is O=CC[C@@H](NC(=O)c1ccccc1)C(F)(F)F. The number of carbonyl (C=O) groups excluding carboxylic acids is 2. The second-order valence-corrected chi connectivity index (χ2v) is 3.34. The van der Waals surface area contributed by atoms with Crippen molar-refractivity contribution in [1.29, 1.82) is 0 Å². The Balaban J connectivity index is 2.75. The van der Waals surface area contributed by atoms with E-state index in [1.54, 1.807) is 11.4 Å². The minimum absolute atomic E-state index is 0.118. The Morgan fingerprint density at radius 3 is 2.35 bits per heavy atom. The van der Waals surface area contributed by atoms with Gasteiger partial charge in [0, 0.05) is 12.0 Å². The highest BCUT2D eigenvalue weighted by molar-refractivity contribution is 5.94. The summed E-state index contributed by atoms with van der Waals surface area (Å²) in [5, 5.41) is 1.78. The first-order valence-electron chi connectivity index (χ1n) is 4.81. The van der Waals surface area contributed by atoms with Crippen molar-refractivity contribution in [1.82, 2.24) is 5.32 Å². The fraction of sp³-hybridized carbons (Fsp3) is 0.273. The van der Waals surface area contributed by atoms with E-state index in [2.05, 4.69) is 0 Å². The quantitative estimate of drug-likeness (QED) is 0.824. The van der Waals surface area contributed by atoms with E-state index in [1.807, 2.05) is 0 Å². The van der Waals surface area contributed by atoms with E-state index in [1.165, 1.54) is 24.3 Å². The van der Waals surface area contributed by atoms with Crippen LogP contribution in [0.4, 0.5) is 13.2 Å². The standard InChI is InChI=1S/C11H10F3NO2/c12-11(13,14)9(6-7-16)15-10(17)8-4-2-1-3-5-8/h1-5,7,9H,6H2,(H,15,17)/t9-/m1/s1. The Bertz CT molecular complexity index is 389. The Kier molecular flexibility index (Phi) is 4.25. The van der Waals surface area contributed by atoms with E-state index in [9.17, 15) is 22.8 Å². The van der Waals surface area contributed by atoms with Crippen LogP contribution in [0.3, 0.4) is 0 Å². The van der Waals surface area contributed by atoms with Gasteiger partial charge < -0.3 is 10.1 Å². The maximum atomic E-state index is 12.4. The molecular weight excluding hydrogens is 235 g/mol. The summed E-state index contributed by atoms with van der Waals surface area (Å²) in [4.78, 5) is 21.6. The predicted molar refractivity (Wildman–Crippen MR) is 54.4 cm³/mol. The smallest absolute Gasteiger partial charge is 0.340 e. The van der Waals surface area contributed by atoms with E-state index in [-0.39, 0.29) is 11.8 Å². The first kappa shape index (κ1) is 13.2. The largest absolute Gasteiger partial charge is 0.409 e. The molecule has 0 aromatic heterocycles. The van der Waals surface area contributed by atoms with Gasteiger partial charge in [-0.25, -0.2) is 0 Å². The molecule has 0 heterocycles. The van der Waals surface area contributed by atoms with Gasteiger partial charge in [0.05, 0.1) is 0 Å². The highest BCUT2D eigenvalue weighted by Gasteiger charge is 2.40. The topological polar surface area (TPSA) is 46.2 Å². The van der Waals surface area contributed by atoms with Crippen LogP contribution < -0.4 is 5.32 Å². The molecule has 0 unspecified atom stereocenters. The van der Waals surface area contributed by atoms with Crippen LogP contribution in [0.1, 0.15) is 16.8 Å². The number of benzene rings is 1. The molecule has 17 heavy (non-hydrogen) atoms. The van der Waals surface area contributed by atoms with Gasteiger partial charge in [-0.05, 0) is 12.1 Å². The number of hydrogen-bond acceptors (Lipinski definition) is 2. The van der Waals surface area contributed by atoms with Gasteiger partial charge in [0.2, 0.25) is 0 Å². The summed E-state index contributed by atoms with van der Waals surface area (Å²) >= 11 is 0. The fourth-order valence-electron chi connectivity index (χ4n) is 1.20. The van der Waals surface area contributed by atoms with Crippen LogP contribution in [0, 0.1) is 0 Å². The summed E-state index contributed by atoms with van der Waals surface area (Å²) in [6, 6.07) is 5.36. The molecule has 0 aliphatic carbocycles. The number of carbonyl (C=O) groups is 2. The number of amides is 1. The lowest BCUT2D eigenvalue weighted by atomic mass is 10.1. The van der Waals surface area contributed by atoms with Crippen molar-refractivity contribution in [3.05, 3.63) is 35.9 Å². The Morgan fingerprint density at radius 2 is 1.88 bits per heavy atom. The average Bonchev–Trinajstić information content (AvgIpc) is 2.28. The molecule has 3 nitrogen and oxygen atoms in total. The molecule has 0 aliphatic heterocycles. The van der Waals surface area contributed by atoms with Crippen molar-refractivity contribution < 1.29 is 22.8 Å². The maximum Gasteiger partial charge on any atom is 0.409 e. The van der Waals surface area contributed by atoms with Crippen LogP contribution in [0.15, 0.2) is 30.3 Å².